The van der Waals surface area contributed by atoms with Crippen LogP contribution >= 0.6 is 33.9 Å². The molecule has 2 nitrogen and oxygen atoms in total. The molecule has 0 spiro atoms. The highest BCUT2D eigenvalue weighted by atomic mass is 127. The van der Waals surface area contributed by atoms with E-state index in [1.165, 1.54) is 16.3 Å². The molecular weight excluding hydrogens is 343 g/mol. The van der Waals surface area contributed by atoms with Gasteiger partial charge in [-0.1, -0.05) is 53.8 Å². The Morgan fingerprint density at radius 3 is 2.59 bits per heavy atom. The van der Waals surface area contributed by atoms with Crippen LogP contribution in [0.3, 0.4) is 0 Å². The number of rotatable bonds is 2. The van der Waals surface area contributed by atoms with E-state index in [0.717, 1.165) is 14.4 Å². The second-order valence-electron chi connectivity index (χ2n) is 3.81. The Balaban J connectivity index is 1.95. The lowest BCUT2D eigenvalue weighted by atomic mass is 10.1. The molecule has 1 aromatic heterocycles. The highest BCUT2D eigenvalue weighted by Gasteiger charge is 2.03. The second-order valence-corrected chi connectivity index (χ2v) is 6.62. The van der Waals surface area contributed by atoms with Crippen LogP contribution in [-0.4, -0.2) is 10.2 Å². The molecule has 0 bridgehead atoms. The van der Waals surface area contributed by atoms with Crippen LogP contribution < -0.4 is 0 Å². The van der Waals surface area contributed by atoms with Gasteiger partial charge in [-0.2, -0.15) is 0 Å². The van der Waals surface area contributed by atoms with Crippen molar-refractivity contribution in [1.29, 1.82) is 0 Å². The first-order chi connectivity index (χ1) is 8.31. The van der Waals surface area contributed by atoms with Crippen LogP contribution in [0.15, 0.2) is 42.5 Å². The van der Waals surface area contributed by atoms with E-state index in [1.54, 1.807) is 11.3 Å². The van der Waals surface area contributed by atoms with Gasteiger partial charge in [0, 0.05) is 6.42 Å². The van der Waals surface area contributed by atoms with Gasteiger partial charge in [-0.15, -0.1) is 10.2 Å². The second kappa shape index (κ2) is 4.70. The summed E-state index contributed by atoms with van der Waals surface area (Å²) in [5.41, 5.74) is 1.29. The summed E-state index contributed by atoms with van der Waals surface area (Å²) < 4.78 is 0.999. The zero-order valence-electron chi connectivity index (χ0n) is 8.93. The number of fused-ring (bicyclic) bond motifs is 1. The van der Waals surface area contributed by atoms with Crippen molar-refractivity contribution in [2.45, 2.75) is 6.42 Å². The largest absolute Gasteiger partial charge is 0.178 e. The first-order valence-corrected chi connectivity index (χ1v) is 7.16. The number of hydrogen-bond acceptors (Lipinski definition) is 3. The lowest BCUT2D eigenvalue weighted by Crippen LogP contribution is -1.87. The van der Waals surface area contributed by atoms with Crippen molar-refractivity contribution in [3.05, 3.63) is 56.0 Å². The predicted molar refractivity (Wildman–Crippen MR) is 79.4 cm³/mol. The first kappa shape index (κ1) is 11.1. The third-order valence-corrected chi connectivity index (χ3v) is 4.20. The van der Waals surface area contributed by atoms with Gasteiger partial charge in [0.25, 0.3) is 0 Å². The van der Waals surface area contributed by atoms with Gasteiger partial charge in [0.15, 0.2) is 3.01 Å². The molecule has 0 amide bonds. The highest BCUT2D eigenvalue weighted by molar-refractivity contribution is 14.1. The third kappa shape index (κ3) is 2.47. The summed E-state index contributed by atoms with van der Waals surface area (Å²) >= 11 is 3.85. The fraction of sp³-hybridized carbons (Fsp3) is 0.0769. The maximum atomic E-state index is 4.15. The molecule has 3 rings (SSSR count). The molecule has 84 valence electrons. The number of benzene rings is 2. The Bertz CT molecular complexity index is 663. The average molecular weight is 352 g/mol. The summed E-state index contributed by atoms with van der Waals surface area (Å²) in [6, 6.07) is 15.0. The summed E-state index contributed by atoms with van der Waals surface area (Å²) in [5, 5.41) is 11.8. The van der Waals surface area contributed by atoms with Crippen LogP contribution in [0.4, 0.5) is 0 Å². The van der Waals surface area contributed by atoms with E-state index in [1.807, 2.05) is 0 Å². The standard InChI is InChI=1S/C13H9IN2S/c14-13-16-15-12(17-13)8-9-5-6-10-3-1-2-4-11(10)7-9/h1-7H,8H2. The van der Waals surface area contributed by atoms with E-state index < -0.39 is 0 Å². The first-order valence-electron chi connectivity index (χ1n) is 5.27. The van der Waals surface area contributed by atoms with Crippen molar-refractivity contribution in [3.8, 4) is 0 Å². The molecule has 0 atom stereocenters. The van der Waals surface area contributed by atoms with E-state index in [2.05, 4.69) is 75.3 Å². The van der Waals surface area contributed by atoms with E-state index in [9.17, 15) is 0 Å². The molecule has 0 aliphatic carbocycles. The minimum Gasteiger partial charge on any atom is -0.142 e. The molecule has 0 saturated carbocycles. The number of aromatic nitrogens is 2. The smallest absolute Gasteiger partial charge is 0.142 e. The van der Waals surface area contributed by atoms with Crippen LogP contribution in [0.2, 0.25) is 0 Å². The van der Waals surface area contributed by atoms with Gasteiger partial charge in [-0.05, 0) is 38.9 Å². The van der Waals surface area contributed by atoms with Crippen molar-refractivity contribution >= 4 is 44.7 Å². The van der Waals surface area contributed by atoms with E-state index >= 15 is 0 Å². The summed E-state index contributed by atoms with van der Waals surface area (Å²) in [6.45, 7) is 0. The van der Waals surface area contributed by atoms with E-state index in [4.69, 9.17) is 0 Å². The van der Waals surface area contributed by atoms with Crippen LogP contribution in [0, 0.1) is 3.01 Å². The minimum atomic E-state index is 0.867. The molecule has 0 aliphatic rings. The Hall–Kier alpha value is -1.01. The van der Waals surface area contributed by atoms with Crippen molar-refractivity contribution in [3.63, 3.8) is 0 Å². The summed E-state index contributed by atoms with van der Waals surface area (Å²) in [6.07, 6.45) is 0.867. The Morgan fingerprint density at radius 1 is 1.00 bits per heavy atom. The molecule has 0 saturated heterocycles. The Labute approximate surface area is 117 Å². The predicted octanol–water partition coefficient (Wildman–Crippen LogP) is 3.89. The van der Waals surface area contributed by atoms with Crippen molar-refractivity contribution in [2.75, 3.05) is 0 Å². The Kier molecular flexibility index (Phi) is 3.07. The third-order valence-electron chi connectivity index (χ3n) is 2.61. The number of halogens is 1. The molecule has 0 radical (unpaired) electrons. The zero-order valence-corrected chi connectivity index (χ0v) is 11.9. The Morgan fingerprint density at radius 2 is 1.82 bits per heavy atom. The van der Waals surface area contributed by atoms with Gasteiger partial charge < -0.3 is 0 Å². The maximum absolute atomic E-state index is 4.15. The van der Waals surface area contributed by atoms with Gasteiger partial charge >= 0.3 is 0 Å². The quantitative estimate of drug-likeness (QED) is 0.654. The molecule has 0 N–H and O–H groups in total. The highest BCUT2D eigenvalue weighted by Crippen LogP contribution is 2.20. The molecule has 17 heavy (non-hydrogen) atoms. The number of hydrogen-bond donors (Lipinski definition) is 0. The van der Waals surface area contributed by atoms with E-state index in [-0.39, 0.29) is 0 Å². The zero-order chi connectivity index (χ0) is 11.7. The normalized spacial score (nSPS) is 10.9. The monoisotopic (exact) mass is 352 g/mol. The van der Waals surface area contributed by atoms with Crippen LogP contribution in [0.5, 0.6) is 0 Å². The lowest BCUT2D eigenvalue weighted by Gasteiger charge is -2.01. The molecule has 0 unspecified atom stereocenters. The summed E-state index contributed by atoms with van der Waals surface area (Å²) in [7, 11) is 0. The summed E-state index contributed by atoms with van der Waals surface area (Å²) in [4.78, 5) is 0. The van der Waals surface area contributed by atoms with Gasteiger partial charge in [-0.3, -0.25) is 0 Å². The molecule has 1 heterocycles. The molecule has 2 aromatic carbocycles. The molecule has 3 aromatic rings. The molecule has 0 fully saturated rings. The minimum absolute atomic E-state index is 0.867. The van der Waals surface area contributed by atoms with Crippen molar-refractivity contribution in [1.82, 2.24) is 10.2 Å². The van der Waals surface area contributed by atoms with Gasteiger partial charge in [-0.25, -0.2) is 0 Å². The summed E-state index contributed by atoms with van der Waals surface area (Å²) in [5.74, 6) is 0. The topological polar surface area (TPSA) is 25.8 Å². The van der Waals surface area contributed by atoms with Crippen LogP contribution in [-0.2, 0) is 6.42 Å². The van der Waals surface area contributed by atoms with Gasteiger partial charge in [0.1, 0.15) is 5.01 Å². The fourth-order valence-corrected chi connectivity index (χ4v) is 3.29. The van der Waals surface area contributed by atoms with Crippen molar-refractivity contribution in [2.24, 2.45) is 0 Å². The fourth-order valence-electron chi connectivity index (χ4n) is 1.83. The molecular formula is C13H9IN2S. The lowest BCUT2D eigenvalue weighted by molar-refractivity contribution is 0.992. The van der Waals surface area contributed by atoms with Crippen LogP contribution in [0.25, 0.3) is 10.8 Å². The van der Waals surface area contributed by atoms with Crippen molar-refractivity contribution < 1.29 is 0 Å². The maximum Gasteiger partial charge on any atom is 0.178 e. The van der Waals surface area contributed by atoms with Crippen LogP contribution in [0.1, 0.15) is 10.6 Å². The van der Waals surface area contributed by atoms with Gasteiger partial charge in [0.2, 0.25) is 0 Å². The van der Waals surface area contributed by atoms with E-state index in [0.29, 0.717) is 0 Å². The molecule has 4 heteroatoms. The SMILES string of the molecule is Ic1nnc(Cc2ccc3ccccc3c2)s1. The van der Waals surface area contributed by atoms with Gasteiger partial charge in [0.05, 0.1) is 0 Å². The molecule has 0 aliphatic heterocycles. The average Bonchev–Trinajstić information content (AvgIpc) is 2.75. The number of nitrogens with zero attached hydrogens (tertiary/aromatic N) is 2.